The number of aromatic nitrogens is 2. The zero-order valence-corrected chi connectivity index (χ0v) is 12.7. The molecule has 0 spiro atoms. The number of hydrogen-bond acceptors (Lipinski definition) is 5. The van der Waals surface area contributed by atoms with Gasteiger partial charge in [0.2, 0.25) is 0 Å². The molecular formula is C14H24N4S. The minimum absolute atomic E-state index is 0.819. The number of nitrogens with one attached hydrogen (secondary N) is 2. The lowest BCUT2D eigenvalue weighted by Gasteiger charge is -2.13. The number of hydrogen-bond donors (Lipinski definition) is 2. The highest BCUT2D eigenvalue weighted by Crippen LogP contribution is 2.25. The highest BCUT2D eigenvalue weighted by molar-refractivity contribution is 7.98. The highest BCUT2D eigenvalue weighted by Gasteiger charge is 2.15. The summed E-state index contributed by atoms with van der Waals surface area (Å²) in [4.78, 5) is 8.99. The second-order valence-corrected chi connectivity index (χ2v) is 5.86. The lowest BCUT2D eigenvalue weighted by molar-refractivity contribution is 0.578. The summed E-state index contributed by atoms with van der Waals surface area (Å²) in [5.74, 6) is 2.69. The van der Waals surface area contributed by atoms with E-state index in [1.807, 2.05) is 12.3 Å². The molecule has 2 rings (SSSR count). The van der Waals surface area contributed by atoms with E-state index in [9.17, 15) is 0 Å². The average molecular weight is 280 g/mol. The van der Waals surface area contributed by atoms with Crippen LogP contribution in [0.15, 0.2) is 11.2 Å². The smallest absolute Gasteiger partial charge is 0.191 e. The van der Waals surface area contributed by atoms with Crippen molar-refractivity contribution in [3.8, 4) is 0 Å². The van der Waals surface area contributed by atoms with E-state index in [1.54, 1.807) is 11.8 Å². The molecule has 1 fully saturated rings. The molecule has 0 radical (unpaired) electrons. The van der Waals surface area contributed by atoms with Gasteiger partial charge in [-0.3, -0.25) is 0 Å². The van der Waals surface area contributed by atoms with Gasteiger partial charge >= 0.3 is 0 Å². The summed E-state index contributed by atoms with van der Waals surface area (Å²) < 4.78 is 0. The molecule has 1 aliphatic rings. The molecule has 1 aliphatic carbocycles. The SMILES string of the molecule is CCCNc1cc(NCC2CCCC2)nc(SC)n1. The molecule has 5 heteroatoms. The minimum atomic E-state index is 0.819. The molecule has 0 unspecified atom stereocenters. The van der Waals surface area contributed by atoms with Gasteiger partial charge in [-0.05, 0) is 31.4 Å². The van der Waals surface area contributed by atoms with Crippen molar-refractivity contribution >= 4 is 23.4 Å². The lowest BCUT2D eigenvalue weighted by Crippen LogP contribution is -2.13. The fourth-order valence-electron chi connectivity index (χ4n) is 2.41. The van der Waals surface area contributed by atoms with E-state index in [0.29, 0.717) is 0 Å². The van der Waals surface area contributed by atoms with Crippen molar-refractivity contribution in [2.75, 3.05) is 30.0 Å². The molecule has 0 aliphatic heterocycles. The Morgan fingerprint density at radius 2 is 1.89 bits per heavy atom. The van der Waals surface area contributed by atoms with Gasteiger partial charge in [-0.1, -0.05) is 31.5 Å². The summed E-state index contributed by atoms with van der Waals surface area (Å²) in [5, 5.41) is 7.64. The summed E-state index contributed by atoms with van der Waals surface area (Å²) >= 11 is 1.59. The molecule has 19 heavy (non-hydrogen) atoms. The molecule has 4 nitrogen and oxygen atoms in total. The van der Waals surface area contributed by atoms with Crippen LogP contribution in [0.3, 0.4) is 0 Å². The van der Waals surface area contributed by atoms with Gasteiger partial charge in [0.05, 0.1) is 0 Å². The predicted molar refractivity (Wildman–Crippen MR) is 83.0 cm³/mol. The summed E-state index contributed by atoms with van der Waals surface area (Å²) in [5.41, 5.74) is 0. The van der Waals surface area contributed by atoms with Crippen LogP contribution < -0.4 is 10.6 Å². The molecule has 106 valence electrons. The Morgan fingerprint density at radius 3 is 2.53 bits per heavy atom. The zero-order chi connectivity index (χ0) is 13.5. The number of rotatable bonds is 7. The third-order valence-corrected chi connectivity index (χ3v) is 4.04. The molecule has 2 N–H and O–H groups in total. The van der Waals surface area contributed by atoms with Crippen LogP contribution in [-0.2, 0) is 0 Å². The van der Waals surface area contributed by atoms with Crippen molar-refractivity contribution in [1.82, 2.24) is 9.97 Å². The third kappa shape index (κ3) is 4.56. The Balaban J connectivity index is 1.96. The molecular weight excluding hydrogens is 256 g/mol. The van der Waals surface area contributed by atoms with Crippen LogP contribution >= 0.6 is 11.8 Å². The first-order valence-electron chi connectivity index (χ1n) is 7.22. The first-order chi connectivity index (χ1) is 9.31. The van der Waals surface area contributed by atoms with Gasteiger partial charge in [0, 0.05) is 19.2 Å². The first kappa shape index (κ1) is 14.4. The summed E-state index contributed by atoms with van der Waals surface area (Å²) in [6, 6.07) is 2.02. The molecule has 0 saturated heterocycles. The maximum atomic E-state index is 4.52. The van der Waals surface area contributed by atoms with Crippen molar-refractivity contribution < 1.29 is 0 Å². The van der Waals surface area contributed by atoms with Crippen molar-refractivity contribution in [1.29, 1.82) is 0 Å². The maximum Gasteiger partial charge on any atom is 0.191 e. The fourth-order valence-corrected chi connectivity index (χ4v) is 2.79. The van der Waals surface area contributed by atoms with Crippen molar-refractivity contribution in [3.63, 3.8) is 0 Å². The Labute approximate surface area is 120 Å². The maximum absolute atomic E-state index is 4.52. The minimum Gasteiger partial charge on any atom is -0.370 e. The number of anilines is 2. The average Bonchev–Trinajstić information content (AvgIpc) is 2.96. The van der Waals surface area contributed by atoms with Crippen LogP contribution in [0.4, 0.5) is 11.6 Å². The van der Waals surface area contributed by atoms with E-state index in [2.05, 4.69) is 27.5 Å². The Bertz CT molecular complexity index is 391. The molecule has 0 bridgehead atoms. The van der Waals surface area contributed by atoms with Gasteiger partial charge in [0.15, 0.2) is 5.16 Å². The fraction of sp³-hybridized carbons (Fsp3) is 0.714. The van der Waals surface area contributed by atoms with Gasteiger partial charge in [0.25, 0.3) is 0 Å². The third-order valence-electron chi connectivity index (χ3n) is 3.49. The van der Waals surface area contributed by atoms with E-state index < -0.39 is 0 Å². The molecule has 1 aromatic rings. The molecule has 0 atom stereocenters. The molecule has 1 aromatic heterocycles. The van der Waals surface area contributed by atoms with Gasteiger partial charge in [-0.2, -0.15) is 0 Å². The number of thioether (sulfide) groups is 1. The van der Waals surface area contributed by atoms with E-state index in [1.165, 1.54) is 25.7 Å². The second-order valence-electron chi connectivity index (χ2n) is 5.08. The van der Waals surface area contributed by atoms with E-state index >= 15 is 0 Å². The quantitative estimate of drug-likeness (QED) is 0.590. The van der Waals surface area contributed by atoms with E-state index in [4.69, 9.17) is 0 Å². The summed E-state index contributed by atoms with van der Waals surface area (Å²) in [6.45, 7) is 4.15. The molecule has 1 heterocycles. The highest BCUT2D eigenvalue weighted by atomic mass is 32.2. The summed E-state index contributed by atoms with van der Waals surface area (Å²) in [7, 11) is 0. The van der Waals surface area contributed by atoms with Gasteiger partial charge < -0.3 is 10.6 Å². The largest absolute Gasteiger partial charge is 0.370 e. The van der Waals surface area contributed by atoms with Crippen LogP contribution in [0.2, 0.25) is 0 Å². The topological polar surface area (TPSA) is 49.8 Å². The van der Waals surface area contributed by atoms with Gasteiger partial charge in [-0.15, -0.1) is 0 Å². The summed E-state index contributed by atoms with van der Waals surface area (Å²) in [6.07, 6.45) is 8.59. The Morgan fingerprint density at radius 1 is 1.21 bits per heavy atom. The van der Waals surface area contributed by atoms with E-state index in [0.717, 1.165) is 42.2 Å². The predicted octanol–water partition coefficient (Wildman–Crippen LogP) is 3.62. The van der Waals surface area contributed by atoms with Crippen LogP contribution in [-0.4, -0.2) is 29.3 Å². The Hall–Kier alpha value is -0.970. The monoisotopic (exact) mass is 280 g/mol. The van der Waals surface area contributed by atoms with Crippen LogP contribution in [0.5, 0.6) is 0 Å². The zero-order valence-electron chi connectivity index (χ0n) is 11.9. The van der Waals surface area contributed by atoms with Crippen molar-refractivity contribution in [2.45, 2.75) is 44.2 Å². The normalized spacial score (nSPS) is 15.7. The lowest BCUT2D eigenvalue weighted by atomic mass is 10.1. The van der Waals surface area contributed by atoms with Crippen LogP contribution in [0, 0.1) is 5.92 Å². The van der Waals surface area contributed by atoms with Crippen LogP contribution in [0.1, 0.15) is 39.0 Å². The van der Waals surface area contributed by atoms with Gasteiger partial charge in [-0.25, -0.2) is 9.97 Å². The second kappa shape index (κ2) is 7.58. The molecule has 0 aromatic carbocycles. The van der Waals surface area contributed by atoms with E-state index in [-0.39, 0.29) is 0 Å². The molecule has 1 saturated carbocycles. The Kier molecular flexibility index (Phi) is 5.76. The van der Waals surface area contributed by atoms with Crippen molar-refractivity contribution in [3.05, 3.63) is 6.07 Å². The van der Waals surface area contributed by atoms with Crippen molar-refractivity contribution in [2.24, 2.45) is 5.92 Å². The number of nitrogens with zero attached hydrogens (tertiary/aromatic N) is 2. The van der Waals surface area contributed by atoms with Gasteiger partial charge in [0.1, 0.15) is 11.6 Å². The van der Waals surface area contributed by atoms with Crippen LogP contribution in [0.25, 0.3) is 0 Å². The first-order valence-corrected chi connectivity index (χ1v) is 8.45. The standard InChI is InChI=1S/C14H24N4S/c1-3-8-15-12-9-13(18-14(17-12)19-2)16-10-11-6-4-5-7-11/h9,11H,3-8,10H2,1-2H3,(H2,15,16,17,18). The molecule has 0 amide bonds.